The average molecular weight is 242 g/mol. The summed E-state index contributed by atoms with van der Waals surface area (Å²) in [6, 6.07) is 4.68. The lowest BCUT2D eigenvalue weighted by Crippen LogP contribution is -2.24. The molecule has 0 bridgehead atoms. The molecule has 0 saturated carbocycles. The van der Waals surface area contributed by atoms with Gasteiger partial charge in [0.2, 0.25) is 0 Å². The third-order valence-electron chi connectivity index (χ3n) is 2.98. The van der Waals surface area contributed by atoms with Gasteiger partial charge in [0.25, 0.3) is 6.43 Å². The molecule has 0 radical (unpaired) electrons. The van der Waals surface area contributed by atoms with Crippen LogP contribution in [0.2, 0.25) is 0 Å². The summed E-state index contributed by atoms with van der Waals surface area (Å²) in [4.78, 5) is 1.87. The van der Waals surface area contributed by atoms with Gasteiger partial charge in [0.1, 0.15) is 0 Å². The van der Waals surface area contributed by atoms with E-state index >= 15 is 0 Å². The van der Waals surface area contributed by atoms with Crippen LogP contribution in [0.5, 0.6) is 0 Å². The fourth-order valence-electron chi connectivity index (χ4n) is 1.79. The molecule has 0 aromatic heterocycles. The summed E-state index contributed by atoms with van der Waals surface area (Å²) in [5, 5.41) is 0. The first-order valence-electron chi connectivity index (χ1n) is 5.84. The summed E-state index contributed by atoms with van der Waals surface area (Å²) in [5.41, 5.74) is 6.49. The van der Waals surface area contributed by atoms with Gasteiger partial charge in [-0.3, -0.25) is 0 Å². The number of nitrogens with two attached hydrogens (primary N) is 1. The summed E-state index contributed by atoms with van der Waals surface area (Å²) < 4.78 is 25.8. The van der Waals surface area contributed by atoms with Crippen LogP contribution in [-0.2, 0) is 0 Å². The van der Waals surface area contributed by atoms with Crippen molar-refractivity contribution < 1.29 is 8.78 Å². The molecule has 0 heterocycles. The van der Waals surface area contributed by atoms with Crippen LogP contribution in [0.1, 0.15) is 32.3 Å². The number of rotatable bonds is 5. The molecule has 0 aliphatic heterocycles. The maximum Gasteiger partial charge on any atom is 0.265 e. The molecule has 4 heteroatoms. The van der Waals surface area contributed by atoms with E-state index in [1.165, 1.54) is 6.07 Å². The fourth-order valence-corrected chi connectivity index (χ4v) is 1.79. The van der Waals surface area contributed by atoms with E-state index in [-0.39, 0.29) is 5.56 Å². The van der Waals surface area contributed by atoms with E-state index in [2.05, 4.69) is 13.8 Å². The highest BCUT2D eigenvalue weighted by atomic mass is 19.3. The zero-order valence-electron chi connectivity index (χ0n) is 10.6. The first kappa shape index (κ1) is 13.7. The Morgan fingerprint density at radius 3 is 2.53 bits per heavy atom. The minimum atomic E-state index is -2.49. The molecule has 0 saturated heterocycles. The molecule has 96 valence electrons. The van der Waals surface area contributed by atoms with Crippen molar-refractivity contribution in [1.29, 1.82) is 0 Å². The lowest BCUT2D eigenvalue weighted by Gasteiger charge is -2.25. The van der Waals surface area contributed by atoms with Gasteiger partial charge in [0.15, 0.2) is 0 Å². The van der Waals surface area contributed by atoms with Gasteiger partial charge in [-0.25, -0.2) is 8.78 Å². The summed E-state index contributed by atoms with van der Waals surface area (Å²) in [5.74, 6) is 0.475. The van der Waals surface area contributed by atoms with Crippen LogP contribution in [-0.4, -0.2) is 13.6 Å². The zero-order chi connectivity index (χ0) is 13.0. The Hall–Kier alpha value is -1.32. The van der Waals surface area contributed by atoms with Gasteiger partial charge in [0, 0.05) is 30.5 Å². The molecule has 1 aromatic rings. The average Bonchev–Trinajstić information content (AvgIpc) is 2.28. The van der Waals surface area contributed by atoms with Crippen LogP contribution in [0.3, 0.4) is 0 Å². The van der Waals surface area contributed by atoms with E-state index in [1.807, 2.05) is 11.9 Å². The highest BCUT2D eigenvalue weighted by molar-refractivity contribution is 5.59. The van der Waals surface area contributed by atoms with Gasteiger partial charge in [0.05, 0.1) is 0 Å². The second-order valence-electron chi connectivity index (χ2n) is 4.51. The zero-order valence-corrected chi connectivity index (χ0v) is 10.6. The number of halogens is 2. The van der Waals surface area contributed by atoms with Crippen LogP contribution in [0.15, 0.2) is 18.2 Å². The van der Waals surface area contributed by atoms with Crippen molar-refractivity contribution in [3.05, 3.63) is 23.8 Å². The molecule has 17 heavy (non-hydrogen) atoms. The molecule has 0 aliphatic carbocycles. The number of benzene rings is 1. The summed E-state index contributed by atoms with van der Waals surface area (Å²) in [6.45, 7) is 4.96. The van der Waals surface area contributed by atoms with Crippen molar-refractivity contribution in [2.24, 2.45) is 5.92 Å². The number of nitrogens with zero attached hydrogens (tertiary/aromatic N) is 1. The second-order valence-corrected chi connectivity index (χ2v) is 4.51. The lowest BCUT2D eigenvalue weighted by atomic mass is 10.1. The molecule has 1 unspecified atom stereocenters. The van der Waals surface area contributed by atoms with Crippen LogP contribution in [0.4, 0.5) is 20.2 Å². The van der Waals surface area contributed by atoms with Crippen molar-refractivity contribution in [2.45, 2.75) is 26.7 Å². The predicted molar refractivity (Wildman–Crippen MR) is 68.5 cm³/mol. The van der Waals surface area contributed by atoms with Crippen molar-refractivity contribution in [1.82, 2.24) is 0 Å². The molecule has 1 rings (SSSR count). The fraction of sp³-hybridized carbons (Fsp3) is 0.538. The minimum Gasteiger partial charge on any atom is -0.399 e. The Morgan fingerprint density at radius 2 is 2.00 bits per heavy atom. The van der Waals surface area contributed by atoms with Crippen molar-refractivity contribution >= 4 is 11.4 Å². The number of nitrogen functional groups attached to an aromatic ring is 1. The van der Waals surface area contributed by atoms with Crippen LogP contribution in [0, 0.1) is 5.92 Å². The van der Waals surface area contributed by atoms with Crippen molar-refractivity contribution in [3.63, 3.8) is 0 Å². The van der Waals surface area contributed by atoms with Gasteiger partial charge >= 0.3 is 0 Å². The van der Waals surface area contributed by atoms with E-state index in [0.29, 0.717) is 17.3 Å². The molecule has 0 amide bonds. The van der Waals surface area contributed by atoms with E-state index in [9.17, 15) is 8.78 Å². The van der Waals surface area contributed by atoms with Crippen LogP contribution < -0.4 is 10.6 Å². The smallest absolute Gasteiger partial charge is 0.265 e. The summed E-state index contributed by atoms with van der Waals surface area (Å²) in [7, 11) is 1.84. The second kappa shape index (κ2) is 5.84. The Morgan fingerprint density at radius 1 is 1.35 bits per heavy atom. The Kier molecular flexibility index (Phi) is 4.73. The molecule has 2 N–H and O–H groups in total. The van der Waals surface area contributed by atoms with Crippen LogP contribution in [0.25, 0.3) is 0 Å². The minimum absolute atomic E-state index is 0.0100. The quantitative estimate of drug-likeness (QED) is 0.798. The van der Waals surface area contributed by atoms with Gasteiger partial charge in [-0.1, -0.05) is 20.3 Å². The van der Waals surface area contributed by atoms with Gasteiger partial charge in [-0.05, 0) is 24.1 Å². The molecule has 2 nitrogen and oxygen atoms in total. The summed E-state index contributed by atoms with van der Waals surface area (Å²) >= 11 is 0. The molecule has 1 aromatic carbocycles. The normalized spacial score (nSPS) is 12.8. The van der Waals surface area contributed by atoms with Crippen LogP contribution >= 0.6 is 0 Å². The van der Waals surface area contributed by atoms with Gasteiger partial charge < -0.3 is 10.6 Å². The monoisotopic (exact) mass is 242 g/mol. The highest BCUT2D eigenvalue weighted by Crippen LogP contribution is 2.31. The maximum atomic E-state index is 12.9. The van der Waals surface area contributed by atoms with E-state index < -0.39 is 6.43 Å². The summed E-state index contributed by atoms with van der Waals surface area (Å²) in [6.07, 6.45) is -1.46. The first-order chi connectivity index (χ1) is 7.95. The number of hydrogen-bond donors (Lipinski definition) is 1. The van der Waals surface area contributed by atoms with E-state index in [4.69, 9.17) is 5.73 Å². The van der Waals surface area contributed by atoms with E-state index in [1.54, 1.807) is 12.1 Å². The molecule has 1 atom stereocenters. The Balaban J connectivity index is 2.96. The van der Waals surface area contributed by atoms with Gasteiger partial charge in [-0.15, -0.1) is 0 Å². The van der Waals surface area contributed by atoms with Crippen molar-refractivity contribution in [3.8, 4) is 0 Å². The van der Waals surface area contributed by atoms with Crippen molar-refractivity contribution in [2.75, 3.05) is 24.2 Å². The third kappa shape index (κ3) is 3.58. The number of hydrogen-bond acceptors (Lipinski definition) is 2. The molecule has 0 aliphatic rings. The molecular weight excluding hydrogens is 222 g/mol. The Labute approximate surface area is 101 Å². The standard InChI is InChI=1S/C13H20F2N2/c1-4-9(2)8-17(3)12-6-5-10(16)7-11(12)13(14)15/h5-7,9,13H,4,8,16H2,1-3H3. The molecule has 0 spiro atoms. The Bertz CT molecular complexity index is 366. The largest absolute Gasteiger partial charge is 0.399 e. The topological polar surface area (TPSA) is 29.3 Å². The predicted octanol–water partition coefficient (Wildman–Crippen LogP) is 3.69. The first-order valence-corrected chi connectivity index (χ1v) is 5.84. The highest BCUT2D eigenvalue weighted by Gasteiger charge is 2.17. The lowest BCUT2D eigenvalue weighted by molar-refractivity contribution is 0.152. The molecule has 0 fully saturated rings. The van der Waals surface area contributed by atoms with E-state index in [0.717, 1.165) is 13.0 Å². The van der Waals surface area contributed by atoms with Gasteiger partial charge in [-0.2, -0.15) is 0 Å². The maximum absolute atomic E-state index is 12.9. The molecular formula is C13H20F2N2. The SMILES string of the molecule is CCC(C)CN(C)c1ccc(N)cc1C(F)F. The third-order valence-corrected chi connectivity index (χ3v) is 2.98. The number of anilines is 2. The number of alkyl halides is 2.